The number of carbonyl (C=O) groups excluding carboxylic acids is 2. The zero-order valence-electron chi connectivity index (χ0n) is 14.5. The molecule has 26 heavy (non-hydrogen) atoms. The fraction of sp³-hybridized carbons (Fsp3) is 0.278. The molecule has 1 aromatic carbocycles. The van der Waals surface area contributed by atoms with E-state index in [4.69, 9.17) is 0 Å². The predicted molar refractivity (Wildman–Crippen MR) is 96.3 cm³/mol. The second-order valence-electron chi connectivity index (χ2n) is 6.03. The molecule has 0 aliphatic carbocycles. The number of anilines is 1. The number of sulfonamides is 1. The van der Waals surface area contributed by atoms with Crippen LogP contribution < -0.4 is 5.32 Å². The van der Waals surface area contributed by atoms with E-state index in [0.717, 1.165) is 4.31 Å². The van der Waals surface area contributed by atoms with Crippen molar-refractivity contribution in [3.63, 3.8) is 0 Å². The highest BCUT2D eigenvalue weighted by Crippen LogP contribution is 2.30. The SMILES string of the molecule is CCCN1C(C(=O)Nc2cccc(C)n2)C(=O)c2ccccc2S1(=O)=O. The average Bonchev–Trinajstić information content (AvgIpc) is 2.60. The molecule has 1 unspecified atom stereocenters. The molecule has 3 rings (SSSR count). The van der Waals surface area contributed by atoms with E-state index in [1.807, 2.05) is 0 Å². The Kier molecular flexibility index (Phi) is 4.88. The molecule has 1 atom stereocenters. The molecule has 1 amide bonds. The molecule has 0 bridgehead atoms. The number of fused-ring (bicyclic) bond motifs is 1. The minimum atomic E-state index is -3.94. The van der Waals surface area contributed by atoms with Gasteiger partial charge >= 0.3 is 0 Å². The predicted octanol–water partition coefficient (Wildman–Crippen LogP) is 1.99. The topological polar surface area (TPSA) is 96.4 Å². The Labute approximate surface area is 152 Å². The molecule has 0 saturated heterocycles. The van der Waals surface area contributed by atoms with Crippen molar-refractivity contribution in [2.45, 2.75) is 31.2 Å². The Hall–Kier alpha value is -2.58. The summed E-state index contributed by atoms with van der Waals surface area (Å²) in [5.41, 5.74) is 0.735. The smallest absolute Gasteiger partial charge is 0.252 e. The summed E-state index contributed by atoms with van der Waals surface area (Å²) in [6, 6.07) is 9.60. The van der Waals surface area contributed by atoms with Gasteiger partial charge in [-0.25, -0.2) is 13.4 Å². The molecule has 0 saturated carbocycles. The van der Waals surface area contributed by atoms with Crippen LogP contribution in [-0.4, -0.2) is 42.0 Å². The average molecular weight is 373 g/mol. The van der Waals surface area contributed by atoms with E-state index >= 15 is 0 Å². The van der Waals surface area contributed by atoms with Gasteiger partial charge in [0.05, 0.1) is 4.90 Å². The van der Waals surface area contributed by atoms with Crippen LogP contribution in [0.4, 0.5) is 5.82 Å². The van der Waals surface area contributed by atoms with Crippen molar-refractivity contribution < 1.29 is 18.0 Å². The maximum absolute atomic E-state index is 12.9. The van der Waals surface area contributed by atoms with Crippen LogP contribution in [0, 0.1) is 6.92 Å². The summed E-state index contributed by atoms with van der Waals surface area (Å²) in [5.74, 6) is -0.968. The van der Waals surface area contributed by atoms with Gasteiger partial charge in [0.2, 0.25) is 10.0 Å². The summed E-state index contributed by atoms with van der Waals surface area (Å²) in [4.78, 5) is 29.8. The summed E-state index contributed by atoms with van der Waals surface area (Å²) >= 11 is 0. The van der Waals surface area contributed by atoms with Gasteiger partial charge in [-0.3, -0.25) is 9.59 Å². The molecular formula is C18H19N3O4S. The minimum Gasteiger partial charge on any atom is -0.309 e. The quantitative estimate of drug-likeness (QED) is 0.827. The number of aryl methyl sites for hydroxylation is 1. The fourth-order valence-corrected chi connectivity index (χ4v) is 4.81. The third-order valence-corrected chi connectivity index (χ3v) is 6.03. The first-order valence-corrected chi connectivity index (χ1v) is 9.70. The second kappa shape index (κ2) is 6.97. The number of ketones is 1. The number of nitrogens with one attached hydrogen (secondary N) is 1. The Morgan fingerprint density at radius 2 is 1.92 bits per heavy atom. The van der Waals surface area contributed by atoms with Crippen LogP contribution in [0.15, 0.2) is 47.4 Å². The number of aromatic nitrogens is 1. The minimum absolute atomic E-state index is 0.0391. The van der Waals surface area contributed by atoms with Gasteiger partial charge in [-0.1, -0.05) is 25.1 Å². The van der Waals surface area contributed by atoms with Gasteiger partial charge in [0.25, 0.3) is 5.91 Å². The van der Waals surface area contributed by atoms with Crippen LogP contribution in [0.2, 0.25) is 0 Å². The maximum Gasteiger partial charge on any atom is 0.252 e. The second-order valence-corrected chi connectivity index (χ2v) is 7.89. The lowest BCUT2D eigenvalue weighted by Gasteiger charge is -2.33. The summed E-state index contributed by atoms with van der Waals surface area (Å²) in [6.07, 6.45) is 0.473. The van der Waals surface area contributed by atoms with Crippen molar-refractivity contribution in [1.29, 1.82) is 0 Å². The lowest BCUT2D eigenvalue weighted by molar-refractivity contribution is -0.118. The van der Waals surface area contributed by atoms with Crippen molar-refractivity contribution in [3.05, 3.63) is 53.7 Å². The van der Waals surface area contributed by atoms with Crippen LogP contribution in [-0.2, 0) is 14.8 Å². The molecule has 2 aromatic rings. The Morgan fingerprint density at radius 3 is 2.62 bits per heavy atom. The Morgan fingerprint density at radius 1 is 1.19 bits per heavy atom. The molecular weight excluding hydrogens is 354 g/mol. The lowest BCUT2D eigenvalue weighted by Crippen LogP contribution is -2.55. The van der Waals surface area contributed by atoms with E-state index in [0.29, 0.717) is 12.1 Å². The third kappa shape index (κ3) is 3.13. The molecule has 8 heteroatoms. The van der Waals surface area contributed by atoms with Crippen molar-refractivity contribution in [2.24, 2.45) is 0 Å². The molecule has 0 radical (unpaired) electrons. The standard InChI is InChI=1S/C18H19N3O4S/c1-3-11-21-16(18(23)20-15-10-6-7-12(2)19-15)17(22)13-8-4-5-9-14(13)26(21,24)25/h4-10,16H,3,11H2,1-2H3,(H,19,20,23). The first-order chi connectivity index (χ1) is 12.4. The maximum atomic E-state index is 12.9. The molecule has 136 valence electrons. The van der Waals surface area contributed by atoms with Crippen LogP contribution in [0.1, 0.15) is 29.4 Å². The zero-order valence-corrected chi connectivity index (χ0v) is 15.3. The first kappa shape index (κ1) is 18.2. The van der Waals surface area contributed by atoms with E-state index in [2.05, 4.69) is 10.3 Å². The van der Waals surface area contributed by atoms with Crippen molar-refractivity contribution >= 4 is 27.5 Å². The number of carbonyl (C=O) groups is 2. The number of hydrogen-bond donors (Lipinski definition) is 1. The number of rotatable bonds is 4. The van der Waals surface area contributed by atoms with Crippen molar-refractivity contribution in [2.75, 3.05) is 11.9 Å². The monoisotopic (exact) mass is 373 g/mol. The summed E-state index contributed by atoms with van der Waals surface area (Å²) in [7, 11) is -3.94. The lowest BCUT2D eigenvalue weighted by atomic mass is 10.0. The molecule has 7 nitrogen and oxygen atoms in total. The molecule has 1 aliphatic rings. The van der Waals surface area contributed by atoms with Crippen LogP contribution in [0.3, 0.4) is 0 Å². The Balaban J connectivity index is 2.04. The third-order valence-electron chi connectivity index (χ3n) is 4.11. The number of nitrogens with zero attached hydrogens (tertiary/aromatic N) is 2. The van der Waals surface area contributed by atoms with Gasteiger partial charge in [0, 0.05) is 17.8 Å². The number of hydrogen-bond acceptors (Lipinski definition) is 5. The number of Topliss-reactive ketones (excluding diaryl/α,β-unsaturated/α-hetero) is 1. The Bertz CT molecular complexity index is 972. The van der Waals surface area contributed by atoms with Crippen molar-refractivity contribution in [1.82, 2.24) is 9.29 Å². The van der Waals surface area contributed by atoms with E-state index in [1.54, 1.807) is 44.2 Å². The van der Waals surface area contributed by atoms with E-state index in [1.165, 1.54) is 12.1 Å². The van der Waals surface area contributed by atoms with Crippen LogP contribution in [0.25, 0.3) is 0 Å². The van der Waals surface area contributed by atoms with E-state index in [9.17, 15) is 18.0 Å². The first-order valence-electron chi connectivity index (χ1n) is 8.26. The highest BCUT2D eigenvalue weighted by Gasteiger charge is 2.46. The number of benzene rings is 1. The number of pyridine rings is 1. The number of amides is 1. The zero-order chi connectivity index (χ0) is 18.9. The summed E-state index contributed by atoms with van der Waals surface area (Å²) in [5, 5.41) is 2.56. The molecule has 1 aromatic heterocycles. The van der Waals surface area contributed by atoms with Gasteiger partial charge in [0.15, 0.2) is 11.8 Å². The highest BCUT2D eigenvalue weighted by molar-refractivity contribution is 7.89. The normalized spacial score (nSPS) is 19.0. The van der Waals surface area contributed by atoms with Gasteiger partial charge in [-0.05, 0) is 37.6 Å². The van der Waals surface area contributed by atoms with Gasteiger partial charge < -0.3 is 5.32 Å². The molecule has 0 spiro atoms. The van der Waals surface area contributed by atoms with Crippen LogP contribution in [0.5, 0.6) is 0 Å². The molecule has 2 heterocycles. The fourth-order valence-electron chi connectivity index (χ4n) is 2.97. The van der Waals surface area contributed by atoms with Crippen molar-refractivity contribution in [3.8, 4) is 0 Å². The largest absolute Gasteiger partial charge is 0.309 e. The summed E-state index contributed by atoms with van der Waals surface area (Å²) in [6.45, 7) is 3.63. The molecule has 1 N–H and O–H groups in total. The summed E-state index contributed by atoms with van der Waals surface area (Å²) < 4.78 is 26.9. The molecule has 1 aliphatic heterocycles. The molecule has 0 fully saturated rings. The van der Waals surface area contributed by atoms with Gasteiger partial charge in [-0.2, -0.15) is 4.31 Å². The van der Waals surface area contributed by atoms with Gasteiger partial charge in [-0.15, -0.1) is 0 Å². The highest BCUT2D eigenvalue weighted by atomic mass is 32.2. The van der Waals surface area contributed by atoms with Crippen LogP contribution >= 0.6 is 0 Å². The van der Waals surface area contributed by atoms with E-state index in [-0.39, 0.29) is 22.8 Å². The van der Waals surface area contributed by atoms with E-state index < -0.39 is 27.8 Å². The van der Waals surface area contributed by atoms with Gasteiger partial charge in [0.1, 0.15) is 5.82 Å².